The summed E-state index contributed by atoms with van der Waals surface area (Å²) in [5.74, 6) is -1.000. The lowest BCUT2D eigenvalue weighted by molar-refractivity contribution is -0.140. The van der Waals surface area contributed by atoms with E-state index in [4.69, 9.17) is 16.3 Å². The third kappa shape index (κ3) is 5.00. The van der Waals surface area contributed by atoms with E-state index in [1.54, 1.807) is 48.5 Å². The largest absolute Gasteiger partial charge is 0.507 e. The van der Waals surface area contributed by atoms with Gasteiger partial charge in [0.1, 0.15) is 11.5 Å². The minimum absolute atomic E-state index is 0.0500. The normalized spacial score (nSPS) is 17.2. The molecule has 0 saturated carbocycles. The summed E-state index contributed by atoms with van der Waals surface area (Å²) in [4.78, 5) is 27.8. The molecule has 3 aromatic carbocycles. The number of carbonyl (C=O) groups is 2. The van der Waals surface area contributed by atoms with Crippen molar-refractivity contribution in [3.8, 4) is 5.75 Å². The third-order valence-corrected chi connectivity index (χ3v) is 6.05. The highest BCUT2D eigenvalue weighted by Crippen LogP contribution is 2.40. The fourth-order valence-corrected chi connectivity index (χ4v) is 4.16. The minimum atomic E-state index is -0.748. The Hall–Kier alpha value is -3.57. The van der Waals surface area contributed by atoms with E-state index in [1.165, 1.54) is 4.90 Å². The molecule has 1 aliphatic heterocycles. The van der Waals surface area contributed by atoms with Crippen molar-refractivity contribution in [3.63, 3.8) is 0 Å². The average molecular weight is 476 g/mol. The zero-order valence-electron chi connectivity index (χ0n) is 18.9. The number of rotatable bonds is 8. The molecule has 174 valence electrons. The molecule has 1 fully saturated rings. The van der Waals surface area contributed by atoms with Crippen LogP contribution in [0.1, 0.15) is 42.5 Å². The maximum Gasteiger partial charge on any atom is 0.295 e. The molecule has 0 spiro atoms. The molecule has 1 unspecified atom stereocenters. The first-order valence-electron chi connectivity index (χ1n) is 11.3. The van der Waals surface area contributed by atoms with Crippen LogP contribution in [0.25, 0.3) is 5.76 Å². The lowest BCUT2D eigenvalue weighted by Crippen LogP contribution is -2.29. The van der Waals surface area contributed by atoms with E-state index in [0.717, 1.165) is 18.4 Å². The third-order valence-electron chi connectivity index (χ3n) is 5.80. The molecule has 5 nitrogen and oxygen atoms in total. The van der Waals surface area contributed by atoms with E-state index in [0.29, 0.717) is 28.5 Å². The van der Waals surface area contributed by atoms with Gasteiger partial charge >= 0.3 is 0 Å². The van der Waals surface area contributed by atoms with Crippen molar-refractivity contribution in [2.75, 3.05) is 6.61 Å². The highest BCUT2D eigenvalue weighted by atomic mass is 35.5. The molecule has 3 aromatic rings. The average Bonchev–Trinajstić information content (AvgIpc) is 3.10. The number of unbranched alkanes of at least 4 members (excludes halogenated alkanes) is 1. The smallest absolute Gasteiger partial charge is 0.295 e. The van der Waals surface area contributed by atoms with E-state index >= 15 is 0 Å². The van der Waals surface area contributed by atoms with Gasteiger partial charge < -0.3 is 14.7 Å². The number of likely N-dealkylation sites (tertiary alicyclic amines) is 1. The molecule has 34 heavy (non-hydrogen) atoms. The summed E-state index contributed by atoms with van der Waals surface area (Å²) in [5, 5.41) is 11.8. The molecule has 0 aromatic heterocycles. The van der Waals surface area contributed by atoms with Gasteiger partial charge in [0.15, 0.2) is 0 Å². The Balaban J connectivity index is 1.78. The van der Waals surface area contributed by atoms with E-state index in [2.05, 4.69) is 6.92 Å². The van der Waals surface area contributed by atoms with Crippen LogP contribution in [0, 0.1) is 0 Å². The van der Waals surface area contributed by atoms with Crippen molar-refractivity contribution in [1.82, 2.24) is 4.90 Å². The van der Waals surface area contributed by atoms with E-state index in [-0.39, 0.29) is 17.9 Å². The molecule has 0 aliphatic carbocycles. The number of amides is 1. The predicted molar refractivity (Wildman–Crippen MR) is 133 cm³/mol. The predicted octanol–water partition coefficient (Wildman–Crippen LogP) is 6.14. The molecule has 1 N–H and O–H groups in total. The summed E-state index contributed by atoms with van der Waals surface area (Å²) >= 11 is 6.08. The molecule has 1 atom stereocenters. The fraction of sp³-hybridized carbons (Fsp3) is 0.214. The second-order valence-corrected chi connectivity index (χ2v) is 8.63. The topological polar surface area (TPSA) is 66.8 Å². The molecule has 1 heterocycles. The summed E-state index contributed by atoms with van der Waals surface area (Å²) in [5.41, 5.74) is 2.05. The number of halogens is 1. The van der Waals surface area contributed by atoms with Crippen molar-refractivity contribution in [1.29, 1.82) is 0 Å². The summed E-state index contributed by atoms with van der Waals surface area (Å²) < 4.78 is 5.76. The Bertz CT molecular complexity index is 1200. The van der Waals surface area contributed by atoms with Crippen LogP contribution in [0.2, 0.25) is 5.02 Å². The van der Waals surface area contributed by atoms with Gasteiger partial charge in [-0.3, -0.25) is 9.59 Å². The van der Waals surface area contributed by atoms with Crippen LogP contribution in [0.15, 0.2) is 84.4 Å². The van der Waals surface area contributed by atoms with Gasteiger partial charge in [0, 0.05) is 17.1 Å². The van der Waals surface area contributed by atoms with E-state index in [1.807, 2.05) is 30.3 Å². The molecule has 0 radical (unpaired) electrons. The first kappa shape index (κ1) is 23.6. The second-order valence-electron chi connectivity index (χ2n) is 8.19. The number of ether oxygens (including phenoxy) is 1. The second kappa shape index (κ2) is 10.6. The van der Waals surface area contributed by atoms with Crippen LogP contribution >= 0.6 is 11.6 Å². The van der Waals surface area contributed by atoms with Crippen molar-refractivity contribution >= 4 is 29.1 Å². The molecular formula is C28H26ClNO4. The van der Waals surface area contributed by atoms with Crippen LogP contribution in [0.3, 0.4) is 0 Å². The SMILES string of the molecule is CCCCOc1cccc(C(O)=C2C(=O)C(=O)N(Cc3ccccc3)C2c2ccc(Cl)cc2)c1. The number of nitrogens with zero attached hydrogens (tertiary/aromatic N) is 1. The fourth-order valence-electron chi connectivity index (χ4n) is 4.04. The van der Waals surface area contributed by atoms with Crippen LogP contribution in [-0.2, 0) is 16.1 Å². The van der Waals surface area contributed by atoms with E-state index < -0.39 is 17.7 Å². The van der Waals surface area contributed by atoms with Crippen LogP contribution in [0.4, 0.5) is 0 Å². The zero-order chi connectivity index (χ0) is 24.1. The number of carbonyl (C=O) groups excluding carboxylic acids is 2. The summed E-state index contributed by atoms with van der Waals surface area (Å²) in [7, 11) is 0. The quantitative estimate of drug-likeness (QED) is 0.184. The van der Waals surface area contributed by atoms with Gasteiger partial charge in [0.2, 0.25) is 0 Å². The van der Waals surface area contributed by atoms with Gasteiger partial charge in [-0.15, -0.1) is 0 Å². The molecule has 0 bridgehead atoms. The Morgan fingerprint density at radius 2 is 1.74 bits per heavy atom. The Labute approximate surface area is 204 Å². The van der Waals surface area contributed by atoms with Crippen molar-refractivity contribution in [2.45, 2.75) is 32.4 Å². The van der Waals surface area contributed by atoms with Crippen molar-refractivity contribution in [2.24, 2.45) is 0 Å². The standard InChI is InChI=1S/C28H26ClNO4/c1-2-3-16-34-23-11-7-10-21(17-23)26(31)24-25(20-12-14-22(29)15-13-20)30(28(33)27(24)32)18-19-8-5-4-6-9-19/h4-15,17,25,31H,2-3,16,18H2,1H3. The molecule has 1 saturated heterocycles. The Kier molecular flexibility index (Phi) is 7.33. The maximum absolute atomic E-state index is 13.2. The van der Waals surface area contributed by atoms with Gasteiger partial charge in [0.05, 0.1) is 18.2 Å². The van der Waals surface area contributed by atoms with Gasteiger partial charge in [0.25, 0.3) is 11.7 Å². The Morgan fingerprint density at radius 3 is 2.44 bits per heavy atom. The number of hydrogen-bond donors (Lipinski definition) is 1. The lowest BCUT2D eigenvalue weighted by Gasteiger charge is -2.25. The number of hydrogen-bond acceptors (Lipinski definition) is 4. The minimum Gasteiger partial charge on any atom is -0.507 e. The number of ketones is 1. The highest BCUT2D eigenvalue weighted by molar-refractivity contribution is 6.46. The number of Topliss-reactive ketones (excluding diaryl/α,β-unsaturated/α-hetero) is 1. The van der Waals surface area contributed by atoms with Gasteiger partial charge in [-0.05, 0) is 41.8 Å². The summed E-state index contributed by atoms with van der Waals surface area (Å²) in [6.45, 7) is 2.87. The van der Waals surface area contributed by atoms with E-state index in [9.17, 15) is 14.7 Å². The highest BCUT2D eigenvalue weighted by Gasteiger charge is 2.46. The Morgan fingerprint density at radius 1 is 1.00 bits per heavy atom. The monoisotopic (exact) mass is 475 g/mol. The summed E-state index contributed by atoms with van der Waals surface area (Å²) in [6, 6.07) is 22.6. The number of aliphatic hydroxyl groups excluding tert-OH is 1. The van der Waals surface area contributed by atoms with Crippen LogP contribution in [-0.4, -0.2) is 28.3 Å². The summed E-state index contributed by atoms with van der Waals surface area (Å²) in [6.07, 6.45) is 1.92. The van der Waals surface area contributed by atoms with Crippen molar-refractivity contribution in [3.05, 3.63) is 106 Å². The molecule has 6 heteroatoms. The van der Waals surface area contributed by atoms with Crippen LogP contribution < -0.4 is 4.74 Å². The first-order valence-corrected chi connectivity index (χ1v) is 11.7. The van der Waals surface area contributed by atoms with Crippen LogP contribution in [0.5, 0.6) is 5.75 Å². The van der Waals surface area contributed by atoms with Gasteiger partial charge in [-0.25, -0.2) is 0 Å². The number of aliphatic hydroxyl groups is 1. The van der Waals surface area contributed by atoms with Gasteiger partial charge in [-0.2, -0.15) is 0 Å². The molecular weight excluding hydrogens is 450 g/mol. The zero-order valence-corrected chi connectivity index (χ0v) is 19.7. The molecule has 4 rings (SSSR count). The molecule has 1 aliphatic rings. The van der Waals surface area contributed by atoms with Crippen molar-refractivity contribution < 1.29 is 19.4 Å². The lowest BCUT2D eigenvalue weighted by atomic mass is 9.95. The number of benzene rings is 3. The maximum atomic E-state index is 13.2. The molecule has 1 amide bonds. The van der Waals surface area contributed by atoms with Gasteiger partial charge in [-0.1, -0.05) is 79.5 Å². The first-order chi connectivity index (χ1) is 16.5.